The summed E-state index contributed by atoms with van der Waals surface area (Å²) >= 11 is 0. The van der Waals surface area contributed by atoms with Gasteiger partial charge in [0.1, 0.15) is 5.75 Å². The number of nitrogens with zero attached hydrogens (tertiary/aromatic N) is 1. The third kappa shape index (κ3) is 5.46. The summed E-state index contributed by atoms with van der Waals surface area (Å²) in [5, 5.41) is 12.2. The summed E-state index contributed by atoms with van der Waals surface area (Å²) in [6.45, 7) is 6.32. The fraction of sp³-hybridized carbons (Fsp3) is 0.222. The zero-order chi connectivity index (χ0) is 28.6. The van der Waals surface area contributed by atoms with E-state index in [1.807, 2.05) is 75.4 Å². The monoisotopic (exact) mass is 543 g/mol. The molecule has 1 N–H and O–H groups in total. The van der Waals surface area contributed by atoms with E-state index in [9.17, 15) is 9.90 Å². The second-order valence-electron chi connectivity index (χ2n) is 11.4. The summed E-state index contributed by atoms with van der Waals surface area (Å²) < 4.78 is 12.1. The van der Waals surface area contributed by atoms with Crippen LogP contribution in [0.25, 0.3) is 44.4 Å². The van der Waals surface area contributed by atoms with Gasteiger partial charge in [0.25, 0.3) is 0 Å². The van der Waals surface area contributed by atoms with E-state index in [2.05, 4.69) is 42.5 Å². The SMILES string of the molecule is CC(C)(C)OC(C(=O)O)c1c(-c2ccc3c(c2)CCCO3)nc(-c2ccc(-c3ccccc3)cc2)c2ccccc12. The first-order valence-electron chi connectivity index (χ1n) is 14.0. The maximum atomic E-state index is 12.8. The molecule has 0 aliphatic carbocycles. The van der Waals surface area contributed by atoms with Crippen molar-refractivity contribution in [2.75, 3.05) is 6.61 Å². The number of rotatable bonds is 6. The summed E-state index contributed by atoms with van der Waals surface area (Å²) in [6, 6.07) is 32.6. The molecule has 2 heterocycles. The van der Waals surface area contributed by atoms with Crippen molar-refractivity contribution in [3.63, 3.8) is 0 Å². The molecular formula is C36H33NO4. The number of ether oxygens (including phenoxy) is 2. The smallest absolute Gasteiger partial charge is 0.337 e. The average molecular weight is 544 g/mol. The zero-order valence-electron chi connectivity index (χ0n) is 23.6. The minimum absolute atomic E-state index is 0.560. The number of fused-ring (bicyclic) bond motifs is 2. The molecule has 5 nitrogen and oxygen atoms in total. The quantitative estimate of drug-likeness (QED) is 0.233. The Kier molecular flexibility index (Phi) is 7.06. The minimum Gasteiger partial charge on any atom is -0.493 e. The fourth-order valence-corrected chi connectivity index (χ4v) is 5.53. The van der Waals surface area contributed by atoms with Crippen molar-refractivity contribution in [1.82, 2.24) is 4.98 Å². The van der Waals surface area contributed by atoms with E-state index >= 15 is 0 Å². The van der Waals surface area contributed by atoms with E-state index in [1.54, 1.807) is 0 Å². The molecule has 0 spiro atoms. The molecule has 0 radical (unpaired) electrons. The molecule has 1 aliphatic rings. The Hall–Kier alpha value is -4.48. The molecule has 0 fully saturated rings. The second-order valence-corrected chi connectivity index (χ2v) is 11.4. The van der Waals surface area contributed by atoms with E-state index in [4.69, 9.17) is 14.5 Å². The van der Waals surface area contributed by atoms with Crippen LogP contribution < -0.4 is 4.74 Å². The van der Waals surface area contributed by atoms with Crippen LogP contribution in [0.15, 0.2) is 97.1 Å². The molecule has 41 heavy (non-hydrogen) atoms. The lowest BCUT2D eigenvalue weighted by atomic mass is 9.91. The van der Waals surface area contributed by atoms with Crippen LogP contribution in [0, 0.1) is 0 Å². The summed E-state index contributed by atoms with van der Waals surface area (Å²) in [5.41, 5.74) is 6.46. The minimum atomic E-state index is -1.20. The number of hydrogen-bond donors (Lipinski definition) is 1. The van der Waals surface area contributed by atoms with Crippen LogP contribution >= 0.6 is 0 Å². The number of carbonyl (C=O) groups is 1. The molecule has 0 saturated heterocycles. The number of aromatic nitrogens is 1. The second kappa shape index (κ2) is 10.8. The van der Waals surface area contributed by atoms with Gasteiger partial charge in [0.15, 0.2) is 6.10 Å². The van der Waals surface area contributed by atoms with Gasteiger partial charge in [0.2, 0.25) is 0 Å². The predicted octanol–water partition coefficient (Wildman–Crippen LogP) is 8.50. The lowest BCUT2D eigenvalue weighted by molar-refractivity contribution is -0.160. The molecule has 5 aromatic rings. The highest BCUT2D eigenvalue weighted by atomic mass is 16.5. The maximum absolute atomic E-state index is 12.8. The van der Waals surface area contributed by atoms with Gasteiger partial charge in [0.05, 0.1) is 23.6 Å². The van der Waals surface area contributed by atoms with Crippen LogP contribution in [0.4, 0.5) is 0 Å². The maximum Gasteiger partial charge on any atom is 0.337 e. The van der Waals surface area contributed by atoms with Crippen molar-refractivity contribution >= 4 is 16.7 Å². The lowest BCUT2D eigenvalue weighted by Gasteiger charge is -2.28. The Bertz CT molecular complexity index is 1720. The van der Waals surface area contributed by atoms with Crippen molar-refractivity contribution in [1.29, 1.82) is 0 Å². The average Bonchev–Trinajstić information content (AvgIpc) is 2.99. The zero-order valence-corrected chi connectivity index (χ0v) is 23.6. The molecule has 4 aromatic carbocycles. The van der Waals surface area contributed by atoms with Gasteiger partial charge in [-0.1, -0.05) is 78.9 Å². The molecule has 0 bridgehead atoms. The van der Waals surface area contributed by atoms with Crippen molar-refractivity contribution in [2.24, 2.45) is 0 Å². The Labute approximate surface area is 240 Å². The van der Waals surface area contributed by atoms with Gasteiger partial charge < -0.3 is 14.6 Å². The molecule has 206 valence electrons. The van der Waals surface area contributed by atoms with Crippen molar-refractivity contribution in [3.05, 3.63) is 108 Å². The Morgan fingerprint density at radius 1 is 0.805 bits per heavy atom. The molecule has 0 saturated carbocycles. The first kappa shape index (κ1) is 26.7. The number of aryl methyl sites for hydroxylation is 1. The van der Waals surface area contributed by atoms with E-state index in [1.165, 1.54) is 0 Å². The highest BCUT2D eigenvalue weighted by Crippen LogP contribution is 2.42. The summed E-state index contributed by atoms with van der Waals surface area (Å²) in [4.78, 5) is 18.0. The van der Waals surface area contributed by atoms with E-state index < -0.39 is 17.7 Å². The third-order valence-corrected chi connectivity index (χ3v) is 7.36. The first-order valence-corrected chi connectivity index (χ1v) is 14.0. The van der Waals surface area contributed by atoms with Gasteiger partial charge in [-0.15, -0.1) is 0 Å². The van der Waals surface area contributed by atoms with Crippen LogP contribution in [0.5, 0.6) is 5.75 Å². The number of pyridine rings is 1. The van der Waals surface area contributed by atoms with Crippen molar-refractivity contribution in [2.45, 2.75) is 45.3 Å². The molecule has 6 rings (SSSR count). The number of carboxylic acids is 1. The van der Waals surface area contributed by atoms with Gasteiger partial charge in [-0.25, -0.2) is 9.78 Å². The summed E-state index contributed by atoms with van der Waals surface area (Å²) in [5.74, 6) is -0.172. The van der Waals surface area contributed by atoms with E-state index in [-0.39, 0.29) is 0 Å². The van der Waals surface area contributed by atoms with Gasteiger partial charge in [0, 0.05) is 22.1 Å². The Morgan fingerprint density at radius 2 is 1.44 bits per heavy atom. The normalized spacial score (nSPS) is 13.8. The van der Waals surface area contributed by atoms with Gasteiger partial charge in [-0.05, 0) is 73.9 Å². The molecule has 0 amide bonds. The number of benzene rings is 4. The van der Waals surface area contributed by atoms with Crippen LogP contribution in [-0.4, -0.2) is 28.3 Å². The Balaban J connectivity index is 1.60. The van der Waals surface area contributed by atoms with Gasteiger partial charge in [-0.2, -0.15) is 0 Å². The van der Waals surface area contributed by atoms with Crippen LogP contribution in [0.2, 0.25) is 0 Å². The molecule has 1 unspecified atom stereocenters. The van der Waals surface area contributed by atoms with Gasteiger partial charge >= 0.3 is 5.97 Å². The molecule has 5 heteroatoms. The summed E-state index contributed by atoms with van der Waals surface area (Å²) in [6.07, 6.45) is 0.642. The number of carboxylic acid groups (broad SMARTS) is 1. The molecule has 1 aliphatic heterocycles. The fourth-order valence-electron chi connectivity index (χ4n) is 5.53. The third-order valence-electron chi connectivity index (χ3n) is 7.36. The standard InChI is InChI=1S/C36H33NO4/c1-36(2,3)41-34(35(38)39)31-28-13-7-8-14-29(28)32(25-17-15-24(16-18-25)23-10-5-4-6-11-23)37-33(31)27-19-20-30-26(22-27)12-9-21-40-30/h4-8,10-11,13-20,22,34H,9,12,21H2,1-3H3,(H,38,39). The molecular weight excluding hydrogens is 510 g/mol. The number of hydrogen-bond acceptors (Lipinski definition) is 4. The largest absolute Gasteiger partial charge is 0.493 e. The lowest BCUT2D eigenvalue weighted by Crippen LogP contribution is -2.28. The topological polar surface area (TPSA) is 68.7 Å². The van der Waals surface area contributed by atoms with Crippen LogP contribution in [0.3, 0.4) is 0 Å². The van der Waals surface area contributed by atoms with Crippen molar-refractivity contribution < 1.29 is 19.4 Å². The van der Waals surface area contributed by atoms with E-state index in [0.717, 1.165) is 62.9 Å². The number of aliphatic carboxylic acids is 1. The highest BCUT2D eigenvalue weighted by molar-refractivity contribution is 6.02. The van der Waals surface area contributed by atoms with Crippen LogP contribution in [-0.2, 0) is 16.0 Å². The van der Waals surface area contributed by atoms with Crippen molar-refractivity contribution in [3.8, 4) is 39.4 Å². The van der Waals surface area contributed by atoms with E-state index in [0.29, 0.717) is 17.9 Å². The predicted molar refractivity (Wildman–Crippen MR) is 163 cm³/mol. The molecule has 1 atom stereocenters. The Morgan fingerprint density at radius 3 is 2.15 bits per heavy atom. The summed E-state index contributed by atoms with van der Waals surface area (Å²) in [7, 11) is 0. The first-order chi connectivity index (χ1) is 19.8. The van der Waals surface area contributed by atoms with Crippen LogP contribution in [0.1, 0.15) is 44.4 Å². The van der Waals surface area contributed by atoms with Gasteiger partial charge in [-0.3, -0.25) is 0 Å². The highest BCUT2D eigenvalue weighted by Gasteiger charge is 2.32. The molecule has 1 aromatic heterocycles.